The Kier molecular flexibility index (Phi) is 6.93. The first-order chi connectivity index (χ1) is 8.24. The van der Waals surface area contributed by atoms with Gasteiger partial charge in [0.1, 0.15) is 0 Å². The largest absolute Gasteiger partial charge is 0.311 e. The third kappa shape index (κ3) is 4.16. The predicted molar refractivity (Wildman–Crippen MR) is 73.9 cm³/mol. The summed E-state index contributed by atoms with van der Waals surface area (Å²) in [5.74, 6) is 0.731. The van der Waals surface area contributed by atoms with E-state index in [-0.39, 0.29) is 0 Å². The summed E-state index contributed by atoms with van der Waals surface area (Å²) >= 11 is 11.9. The Bertz CT molecular complexity index is 337. The van der Waals surface area contributed by atoms with Gasteiger partial charge in [0, 0.05) is 19.0 Å². The van der Waals surface area contributed by atoms with Gasteiger partial charge in [-0.2, -0.15) is 5.10 Å². The number of hydrogen-bond acceptors (Lipinski definition) is 2. The zero-order chi connectivity index (χ0) is 12.7. The summed E-state index contributed by atoms with van der Waals surface area (Å²) in [4.78, 5) is 0. The second kappa shape index (κ2) is 7.96. The molecule has 1 N–H and O–H groups in total. The smallest absolute Gasteiger partial charge is 0.0863 e. The van der Waals surface area contributed by atoms with Crippen LogP contribution in [0.15, 0.2) is 0 Å². The molecule has 0 bridgehead atoms. The fourth-order valence-electron chi connectivity index (χ4n) is 1.74. The van der Waals surface area contributed by atoms with Gasteiger partial charge in [-0.15, -0.1) is 11.6 Å². The molecule has 17 heavy (non-hydrogen) atoms. The van der Waals surface area contributed by atoms with Gasteiger partial charge in [-0.1, -0.05) is 18.5 Å². The van der Waals surface area contributed by atoms with Crippen LogP contribution in [0.25, 0.3) is 0 Å². The number of unbranched alkanes of at least 4 members (excludes halogenated alkanes) is 1. The summed E-state index contributed by atoms with van der Waals surface area (Å²) in [5.41, 5.74) is 2.09. The molecule has 0 aromatic carbocycles. The highest BCUT2D eigenvalue weighted by atomic mass is 35.5. The summed E-state index contributed by atoms with van der Waals surface area (Å²) in [7, 11) is 0. The Morgan fingerprint density at radius 1 is 1.29 bits per heavy atom. The molecule has 1 rings (SSSR count). The molecule has 0 saturated carbocycles. The standard InChI is InChI=1S/C12H21Cl2N3/c1-3-10-12(14)11(17(4-2)16-10)9-15-8-6-5-7-13/h15H,3-9H2,1-2H3. The summed E-state index contributed by atoms with van der Waals surface area (Å²) in [6, 6.07) is 0. The van der Waals surface area contributed by atoms with Gasteiger partial charge in [0.15, 0.2) is 0 Å². The molecule has 1 aromatic rings. The van der Waals surface area contributed by atoms with E-state index < -0.39 is 0 Å². The van der Waals surface area contributed by atoms with Gasteiger partial charge in [-0.05, 0) is 32.7 Å². The Morgan fingerprint density at radius 2 is 2.06 bits per heavy atom. The molecule has 0 aliphatic heterocycles. The van der Waals surface area contributed by atoms with Crippen LogP contribution in [0.3, 0.4) is 0 Å². The van der Waals surface area contributed by atoms with Crippen LogP contribution in [0.1, 0.15) is 38.1 Å². The topological polar surface area (TPSA) is 29.9 Å². The molecule has 0 saturated heterocycles. The van der Waals surface area contributed by atoms with E-state index in [0.717, 1.165) is 61.2 Å². The first-order valence-corrected chi connectivity index (χ1v) is 7.16. The normalized spacial score (nSPS) is 11.1. The monoisotopic (exact) mass is 277 g/mol. The summed E-state index contributed by atoms with van der Waals surface area (Å²) in [6.45, 7) is 6.77. The molecule has 0 atom stereocenters. The molecule has 98 valence electrons. The van der Waals surface area contributed by atoms with Crippen molar-refractivity contribution in [3.05, 3.63) is 16.4 Å². The lowest BCUT2D eigenvalue weighted by atomic mass is 10.3. The summed E-state index contributed by atoms with van der Waals surface area (Å²) in [6.07, 6.45) is 3.03. The predicted octanol–water partition coefficient (Wildman–Crippen LogP) is 3.23. The second-order valence-corrected chi connectivity index (χ2v) is 4.71. The van der Waals surface area contributed by atoms with E-state index in [1.807, 2.05) is 4.68 Å². The van der Waals surface area contributed by atoms with Gasteiger partial charge < -0.3 is 5.32 Å². The molecule has 3 nitrogen and oxygen atoms in total. The quantitative estimate of drug-likeness (QED) is 0.584. The SMILES string of the molecule is CCc1nn(CC)c(CNCCCCCl)c1Cl. The van der Waals surface area contributed by atoms with E-state index in [4.69, 9.17) is 23.2 Å². The van der Waals surface area contributed by atoms with E-state index in [2.05, 4.69) is 24.3 Å². The van der Waals surface area contributed by atoms with Crippen molar-refractivity contribution in [3.63, 3.8) is 0 Å². The van der Waals surface area contributed by atoms with Crippen LogP contribution >= 0.6 is 23.2 Å². The Hall–Kier alpha value is -0.250. The highest BCUT2D eigenvalue weighted by molar-refractivity contribution is 6.31. The number of aryl methyl sites for hydroxylation is 2. The number of nitrogens with zero attached hydrogens (tertiary/aromatic N) is 2. The Balaban J connectivity index is 2.54. The van der Waals surface area contributed by atoms with Crippen molar-refractivity contribution in [1.82, 2.24) is 15.1 Å². The van der Waals surface area contributed by atoms with Crippen molar-refractivity contribution in [2.75, 3.05) is 12.4 Å². The number of hydrogen-bond donors (Lipinski definition) is 1. The molecular weight excluding hydrogens is 257 g/mol. The van der Waals surface area contributed by atoms with E-state index in [9.17, 15) is 0 Å². The lowest BCUT2D eigenvalue weighted by molar-refractivity contribution is 0.568. The van der Waals surface area contributed by atoms with Crippen LogP contribution in [0.2, 0.25) is 5.02 Å². The van der Waals surface area contributed by atoms with Crippen molar-refractivity contribution >= 4 is 23.2 Å². The molecular formula is C12H21Cl2N3. The molecule has 0 unspecified atom stereocenters. The number of nitrogens with one attached hydrogen (secondary N) is 1. The summed E-state index contributed by atoms with van der Waals surface area (Å²) < 4.78 is 1.98. The molecule has 0 spiro atoms. The molecule has 0 fully saturated rings. The molecule has 0 aliphatic carbocycles. The third-order valence-corrected chi connectivity index (χ3v) is 3.43. The maximum absolute atomic E-state index is 6.30. The molecule has 0 radical (unpaired) electrons. The van der Waals surface area contributed by atoms with Crippen LogP contribution in [-0.4, -0.2) is 22.2 Å². The van der Waals surface area contributed by atoms with Crippen LogP contribution in [0, 0.1) is 0 Å². The minimum absolute atomic E-state index is 0.731. The van der Waals surface area contributed by atoms with Gasteiger partial charge in [0.25, 0.3) is 0 Å². The zero-order valence-corrected chi connectivity index (χ0v) is 12.1. The first-order valence-electron chi connectivity index (χ1n) is 6.25. The number of alkyl halides is 1. The fraction of sp³-hybridized carbons (Fsp3) is 0.750. The van der Waals surface area contributed by atoms with Gasteiger partial charge in [0.2, 0.25) is 0 Å². The van der Waals surface area contributed by atoms with Crippen LogP contribution in [-0.2, 0) is 19.5 Å². The van der Waals surface area contributed by atoms with Crippen molar-refractivity contribution in [3.8, 4) is 0 Å². The van der Waals surface area contributed by atoms with Gasteiger partial charge >= 0.3 is 0 Å². The van der Waals surface area contributed by atoms with Crippen molar-refractivity contribution < 1.29 is 0 Å². The van der Waals surface area contributed by atoms with Crippen LogP contribution in [0.5, 0.6) is 0 Å². The minimum atomic E-state index is 0.731. The summed E-state index contributed by atoms with van der Waals surface area (Å²) in [5, 5.41) is 8.69. The Labute approximate surface area is 113 Å². The van der Waals surface area contributed by atoms with Crippen LogP contribution in [0.4, 0.5) is 0 Å². The molecule has 5 heteroatoms. The van der Waals surface area contributed by atoms with E-state index in [1.165, 1.54) is 0 Å². The van der Waals surface area contributed by atoms with Crippen molar-refractivity contribution in [1.29, 1.82) is 0 Å². The van der Waals surface area contributed by atoms with Gasteiger partial charge in [-0.3, -0.25) is 4.68 Å². The first kappa shape index (κ1) is 14.8. The average Bonchev–Trinajstić information content (AvgIpc) is 2.65. The van der Waals surface area contributed by atoms with E-state index in [1.54, 1.807) is 0 Å². The lowest BCUT2D eigenvalue weighted by Gasteiger charge is -2.06. The number of aromatic nitrogens is 2. The molecule has 1 aromatic heterocycles. The maximum atomic E-state index is 6.30. The minimum Gasteiger partial charge on any atom is -0.311 e. The molecule has 0 amide bonds. The zero-order valence-electron chi connectivity index (χ0n) is 10.6. The lowest BCUT2D eigenvalue weighted by Crippen LogP contribution is -2.18. The third-order valence-electron chi connectivity index (χ3n) is 2.72. The van der Waals surface area contributed by atoms with Crippen molar-refractivity contribution in [2.45, 2.75) is 46.2 Å². The number of halogens is 2. The van der Waals surface area contributed by atoms with E-state index in [0.29, 0.717) is 0 Å². The van der Waals surface area contributed by atoms with Crippen LogP contribution < -0.4 is 5.32 Å². The average molecular weight is 278 g/mol. The van der Waals surface area contributed by atoms with Crippen molar-refractivity contribution in [2.24, 2.45) is 0 Å². The molecule has 1 heterocycles. The second-order valence-electron chi connectivity index (χ2n) is 3.95. The van der Waals surface area contributed by atoms with Gasteiger partial charge in [0.05, 0.1) is 16.4 Å². The highest BCUT2D eigenvalue weighted by Gasteiger charge is 2.13. The number of rotatable bonds is 8. The highest BCUT2D eigenvalue weighted by Crippen LogP contribution is 2.21. The van der Waals surface area contributed by atoms with E-state index >= 15 is 0 Å². The maximum Gasteiger partial charge on any atom is 0.0863 e. The van der Waals surface area contributed by atoms with Gasteiger partial charge in [-0.25, -0.2) is 0 Å². The Morgan fingerprint density at radius 3 is 2.65 bits per heavy atom. The fourth-order valence-corrected chi connectivity index (χ4v) is 2.26. The molecule has 0 aliphatic rings.